The highest BCUT2D eigenvalue weighted by Gasteiger charge is 2.15. The molecule has 7 nitrogen and oxygen atoms in total. The highest BCUT2D eigenvalue weighted by molar-refractivity contribution is 7.98. The minimum Gasteiger partial charge on any atom is -0.495 e. The number of ether oxygens (including phenoxy) is 1. The molecule has 136 valence electrons. The maximum Gasteiger partial charge on any atom is 0.259 e. The van der Waals surface area contributed by atoms with Crippen LogP contribution in [0.25, 0.3) is 17.1 Å². The third kappa shape index (κ3) is 3.67. The predicted octanol–water partition coefficient (Wildman–Crippen LogP) is 4.27. The molecular formula is C18H14ClN5O2S. The summed E-state index contributed by atoms with van der Waals surface area (Å²) in [5.74, 6) is 2.15. The first-order valence-corrected chi connectivity index (χ1v) is 9.36. The summed E-state index contributed by atoms with van der Waals surface area (Å²) < 4.78 is 12.6. The van der Waals surface area contributed by atoms with Gasteiger partial charge in [-0.1, -0.05) is 52.8 Å². The van der Waals surface area contributed by atoms with Gasteiger partial charge in [0, 0.05) is 0 Å². The number of hydrogen-bond donors (Lipinski definition) is 0. The van der Waals surface area contributed by atoms with Crippen LogP contribution in [0.4, 0.5) is 0 Å². The van der Waals surface area contributed by atoms with E-state index in [0.29, 0.717) is 33.2 Å². The maximum absolute atomic E-state index is 6.18. The van der Waals surface area contributed by atoms with Crippen molar-refractivity contribution in [2.45, 2.75) is 10.9 Å². The fourth-order valence-electron chi connectivity index (χ4n) is 2.50. The van der Waals surface area contributed by atoms with E-state index in [0.717, 1.165) is 11.4 Å². The van der Waals surface area contributed by atoms with Gasteiger partial charge in [0.2, 0.25) is 0 Å². The molecule has 0 spiro atoms. The molecule has 0 unspecified atom stereocenters. The van der Waals surface area contributed by atoms with Crippen molar-refractivity contribution in [2.75, 3.05) is 7.11 Å². The molecule has 0 bridgehead atoms. The van der Waals surface area contributed by atoms with Crippen LogP contribution in [0.5, 0.6) is 5.75 Å². The highest BCUT2D eigenvalue weighted by Crippen LogP contribution is 2.29. The van der Waals surface area contributed by atoms with Crippen molar-refractivity contribution in [3.8, 4) is 22.9 Å². The number of methoxy groups -OCH3 is 1. The lowest BCUT2D eigenvalue weighted by atomic mass is 10.2. The quantitative estimate of drug-likeness (QED) is 0.448. The summed E-state index contributed by atoms with van der Waals surface area (Å²) in [5.41, 5.74) is 1.57. The molecule has 0 aliphatic rings. The van der Waals surface area contributed by atoms with E-state index in [2.05, 4.69) is 20.3 Å². The van der Waals surface area contributed by atoms with Crippen LogP contribution >= 0.6 is 23.4 Å². The molecule has 0 atom stereocenters. The Labute approximate surface area is 164 Å². The molecule has 0 N–H and O–H groups in total. The molecule has 0 fully saturated rings. The lowest BCUT2D eigenvalue weighted by molar-refractivity contribution is 0.412. The highest BCUT2D eigenvalue weighted by atomic mass is 35.5. The van der Waals surface area contributed by atoms with E-state index in [1.165, 1.54) is 11.8 Å². The lowest BCUT2D eigenvalue weighted by Gasteiger charge is -2.10. The minimum atomic E-state index is 0.391. The monoisotopic (exact) mass is 399 g/mol. The molecule has 0 radical (unpaired) electrons. The molecule has 4 rings (SSSR count). The number of rotatable bonds is 6. The topological polar surface area (TPSA) is 78.9 Å². The van der Waals surface area contributed by atoms with Crippen LogP contribution in [0.1, 0.15) is 5.82 Å². The number of thioether (sulfide) groups is 1. The molecule has 27 heavy (non-hydrogen) atoms. The summed E-state index contributed by atoms with van der Waals surface area (Å²) in [6.45, 7) is 0. The van der Waals surface area contributed by atoms with Gasteiger partial charge in [0.1, 0.15) is 12.1 Å². The Kier molecular flexibility index (Phi) is 5.08. The molecular weight excluding hydrogens is 386 g/mol. The van der Waals surface area contributed by atoms with Crippen molar-refractivity contribution in [2.24, 2.45) is 0 Å². The largest absolute Gasteiger partial charge is 0.495 e. The van der Waals surface area contributed by atoms with Crippen molar-refractivity contribution in [1.82, 2.24) is 24.9 Å². The summed E-state index contributed by atoms with van der Waals surface area (Å²) in [5, 5.41) is 13.5. The Hall–Kier alpha value is -2.84. The number of hydrogen-bond acceptors (Lipinski definition) is 7. The number of benzene rings is 2. The molecule has 2 aromatic heterocycles. The third-order valence-corrected chi connectivity index (χ3v) is 5.03. The van der Waals surface area contributed by atoms with Gasteiger partial charge in [-0.05, 0) is 24.3 Å². The van der Waals surface area contributed by atoms with Gasteiger partial charge in [-0.25, -0.2) is 0 Å². The van der Waals surface area contributed by atoms with Gasteiger partial charge in [0.25, 0.3) is 5.89 Å². The number of aromatic nitrogens is 5. The number of para-hydroxylation sites is 2. The van der Waals surface area contributed by atoms with Gasteiger partial charge in [0.15, 0.2) is 11.0 Å². The van der Waals surface area contributed by atoms with E-state index < -0.39 is 0 Å². The molecule has 0 saturated carbocycles. The summed E-state index contributed by atoms with van der Waals surface area (Å²) in [6.07, 6.45) is 1.64. The second kappa shape index (κ2) is 7.81. The summed E-state index contributed by atoms with van der Waals surface area (Å²) >= 11 is 7.63. The molecule has 0 aliphatic carbocycles. The minimum absolute atomic E-state index is 0.391. The van der Waals surface area contributed by atoms with Gasteiger partial charge >= 0.3 is 0 Å². The average molecular weight is 400 g/mol. The normalized spacial score (nSPS) is 10.9. The molecule has 2 heterocycles. The van der Waals surface area contributed by atoms with Gasteiger partial charge in [-0.2, -0.15) is 4.98 Å². The second-order valence-corrected chi connectivity index (χ2v) is 6.79. The van der Waals surface area contributed by atoms with Gasteiger partial charge in [-0.3, -0.25) is 4.57 Å². The first-order valence-electron chi connectivity index (χ1n) is 8.00. The Morgan fingerprint density at radius 1 is 1.15 bits per heavy atom. The third-order valence-electron chi connectivity index (χ3n) is 3.76. The van der Waals surface area contributed by atoms with Crippen molar-refractivity contribution < 1.29 is 9.26 Å². The molecule has 9 heteroatoms. The SMILES string of the molecule is COc1ccccc1-n1cnnc1SCc1noc(-c2ccccc2Cl)n1. The Morgan fingerprint density at radius 2 is 1.96 bits per heavy atom. The zero-order valence-electron chi connectivity index (χ0n) is 14.2. The van der Waals surface area contributed by atoms with Crippen LogP contribution in [-0.2, 0) is 5.75 Å². The zero-order valence-corrected chi connectivity index (χ0v) is 15.8. The molecule has 0 aliphatic heterocycles. The van der Waals surface area contributed by atoms with Crippen LogP contribution in [0.3, 0.4) is 0 Å². The summed E-state index contributed by atoms with van der Waals surface area (Å²) in [7, 11) is 1.63. The molecule has 0 amide bonds. The Morgan fingerprint density at radius 3 is 2.81 bits per heavy atom. The average Bonchev–Trinajstić information content (AvgIpc) is 3.36. The van der Waals surface area contributed by atoms with Crippen molar-refractivity contribution in [3.63, 3.8) is 0 Å². The van der Waals surface area contributed by atoms with Crippen LogP contribution in [0.15, 0.2) is 64.5 Å². The lowest BCUT2D eigenvalue weighted by Crippen LogP contribution is -1.99. The van der Waals surface area contributed by atoms with E-state index in [4.69, 9.17) is 20.9 Å². The van der Waals surface area contributed by atoms with E-state index in [1.807, 2.05) is 47.0 Å². The van der Waals surface area contributed by atoms with Gasteiger partial charge in [-0.15, -0.1) is 10.2 Å². The fourth-order valence-corrected chi connectivity index (χ4v) is 3.48. The van der Waals surface area contributed by atoms with Gasteiger partial charge < -0.3 is 9.26 Å². The smallest absolute Gasteiger partial charge is 0.259 e. The second-order valence-electron chi connectivity index (χ2n) is 5.44. The van der Waals surface area contributed by atoms with Gasteiger partial charge in [0.05, 0.1) is 29.1 Å². The first-order chi connectivity index (χ1) is 13.3. The van der Waals surface area contributed by atoms with E-state index in [1.54, 1.807) is 19.5 Å². The first kappa shape index (κ1) is 17.6. The fraction of sp³-hybridized carbons (Fsp3) is 0.111. The Bertz CT molecular complexity index is 1070. The molecule has 4 aromatic rings. The van der Waals surface area contributed by atoms with E-state index >= 15 is 0 Å². The van der Waals surface area contributed by atoms with Crippen LogP contribution in [0.2, 0.25) is 5.02 Å². The van der Waals surface area contributed by atoms with E-state index in [9.17, 15) is 0 Å². The zero-order chi connectivity index (χ0) is 18.6. The predicted molar refractivity (Wildman–Crippen MR) is 102 cm³/mol. The maximum atomic E-state index is 6.18. The van der Waals surface area contributed by atoms with Crippen molar-refractivity contribution in [3.05, 3.63) is 65.7 Å². The number of nitrogens with zero attached hydrogens (tertiary/aromatic N) is 5. The standard InChI is InChI=1S/C18H14ClN5O2S/c1-25-15-9-5-4-8-14(15)24-11-20-22-18(24)27-10-16-21-17(26-23-16)12-6-2-3-7-13(12)19/h2-9,11H,10H2,1H3. The van der Waals surface area contributed by atoms with Crippen LogP contribution in [-0.4, -0.2) is 32.0 Å². The van der Waals surface area contributed by atoms with E-state index in [-0.39, 0.29) is 0 Å². The summed E-state index contributed by atoms with van der Waals surface area (Å²) in [6, 6.07) is 15.0. The van der Waals surface area contributed by atoms with Crippen LogP contribution < -0.4 is 4.74 Å². The molecule has 2 aromatic carbocycles. The summed E-state index contributed by atoms with van der Waals surface area (Å²) in [4.78, 5) is 4.41. The number of halogens is 1. The van der Waals surface area contributed by atoms with Crippen LogP contribution in [0, 0.1) is 0 Å². The molecule has 0 saturated heterocycles. The van der Waals surface area contributed by atoms with Crippen molar-refractivity contribution >= 4 is 23.4 Å². The Balaban J connectivity index is 1.53. The van der Waals surface area contributed by atoms with Crippen molar-refractivity contribution in [1.29, 1.82) is 0 Å².